The number of primary amides is 1. The average Bonchev–Trinajstić information content (AvgIpc) is 3.00. The van der Waals surface area contributed by atoms with Crippen LogP contribution < -0.4 is 10.5 Å². The Kier molecular flexibility index (Phi) is 5.04. The van der Waals surface area contributed by atoms with E-state index >= 15 is 0 Å². The van der Waals surface area contributed by atoms with E-state index in [9.17, 15) is 22.4 Å². The second-order valence-corrected chi connectivity index (χ2v) is 6.78. The highest BCUT2D eigenvalue weighted by molar-refractivity contribution is 5.93. The third-order valence-electron chi connectivity index (χ3n) is 4.23. The minimum absolute atomic E-state index is 0.0143. The van der Waals surface area contributed by atoms with E-state index < -0.39 is 40.5 Å². The monoisotopic (exact) mass is 408 g/mol. The first-order chi connectivity index (χ1) is 13.5. The molecule has 1 aromatic heterocycles. The van der Waals surface area contributed by atoms with E-state index in [1.807, 2.05) is 0 Å². The van der Waals surface area contributed by atoms with Crippen LogP contribution in [0.2, 0.25) is 0 Å². The van der Waals surface area contributed by atoms with Crippen molar-refractivity contribution in [3.05, 3.63) is 65.0 Å². The minimum Gasteiger partial charge on any atom is -0.474 e. The van der Waals surface area contributed by atoms with Crippen molar-refractivity contribution < 1.29 is 27.1 Å². The van der Waals surface area contributed by atoms with Crippen LogP contribution >= 0.6 is 0 Å². The Hall–Kier alpha value is -3.43. The fourth-order valence-electron chi connectivity index (χ4n) is 2.87. The Morgan fingerprint density at radius 2 is 1.66 bits per heavy atom. The lowest BCUT2D eigenvalue weighted by atomic mass is 10.1. The lowest BCUT2D eigenvalue weighted by molar-refractivity contribution is 0.0833. The molecule has 0 bridgehead atoms. The third kappa shape index (κ3) is 3.78. The highest BCUT2D eigenvalue weighted by Crippen LogP contribution is 2.33. The highest BCUT2D eigenvalue weighted by atomic mass is 19.1. The highest BCUT2D eigenvalue weighted by Gasteiger charge is 2.32. The first-order valence-corrected chi connectivity index (χ1v) is 8.34. The fourth-order valence-corrected chi connectivity index (χ4v) is 2.87. The normalized spacial score (nSPS) is 11.6. The number of hydrogen-bond acceptors (Lipinski definition) is 4. The number of hydrogen-bond donors (Lipinski definition) is 1. The van der Waals surface area contributed by atoms with Crippen LogP contribution in [0.5, 0.6) is 5.75 Å². The zero-order valence-corrected chi connectivity index (χ0v) is 15.6. The van der Waals surface area contributed by atoms with Gasteiger partial charge in [0.15, 0.2) is 34.6 Å². The zero-order valence-electron chi connectivity index (χ0n) is 15.6. The number of ether oxygens (including phenoxy) is 1. The lowest BCUT2D eigenvalue weighted by Crippen LogP contribution is -2.30. The van der Waals surface area contributed by atoms with Gasteiger partial charge >= 0.3 is 0 Å². The number of carbonyl (C=O) groups excluding carboxylic acids is 1. The molecule has 0 saturated heterocycles. The topological polar surface area (TPSA) is 83.0 Å². The van der Waals surface area contributed by atoms with E-state index in [2.05, 4.69) is 10.2 Å². The maximum Gasteiger partial charge on any atom is 0.248 e. The van der Waals surface area contributed by atoms with Crippen molar-refractivity contribution in [1.82, 2.24) is 14.8 Å². The molecule has 10 heteroatoms. The number of carbonyl (C=O) groups is 1. The van der Waals surface area contributed by atoms with Crippen molar-refractivity contribution in [2.75, 3.05) is 0 Å². The molecule has 29 heavy (non-hydrogen) atoms. The number of nitrogens with zero attached hydrogens (tertiary/aromatic N) is 3. The predicted octanol–water partition coefficient (Wildman–Crippen LogP) is 3.45. The molecule has 152 valence electrons. The van der Waals surface area contributed by atoms with Crippen molar-refractivity contribution in [2.45, 2.75) is 19.4 Å². The Morgan fingerprint density at radius 3 is 2.21 bits per heavy atom. The van der Waals surface area contributed by atoms with E-state index in [1.54, 1.807) is 0 Å². The van der Waals surface area contributed by atoms with Gasteiger partial charge in [-0.05, 0) is 32.0 Å². The van der Waals surface area contributed by atoms with Crippen LogP contribution in [0.1, 0.15) is 30.0 Å². The SMILES string of the molecule is Cn1c(-c2ccc(C(N)=O)cc2F)nnc1C(C)(C)Oc1c(F)cc(F)cc1F. The van der Waals surface area contributed by atoms with Gasteiger partial charge in [0.2, 0.25) is 5.91 Å². The van der Waals surface area contributed by atoms with E-state index in [1.165, 1.54) is 37.6 Å². The first kappa shape index (κ1) is 20.3. The number of aromatic nitrogens is 3. The molecule has 0 radical (unpaired) electrons. The molecule has 1 amide bonds. The molecule has 3 rings (SSSR count). The van der Waals surface area contributed by atoms with Gasteiger partial charge in [0.05, 0.1) is 5.56 Å². The second-order valence-electron chi connectivity index (χ2n) is 6.78. The summed E-state index contributed by atoms with van der Waals surface area (Å²) in [6, 6.07) is 4.60. The van der Waals surface area contributed by atoms with E-state index in [0.717, 1.165) is 6.07 Å². The Morgan fingerprint density at radius 1 is 1.03 bits per heavy atom. The summed E-state index contributed by atoms with van der Waals surface area (Å²) in [6.07, 6.45) is 0. The van der Waals surface area contributed by atoms with Crippen molar-refractivity contribution in [3.8, 4) is 17.1 Å². The Balaban J connectivity index is 1.99. The van der Waals surface area contributed by atoms with Crippen LogP contribution in [0.4, 0.5) is 17.6 Å². The van der Waals surface area contributed by atoms with Crippen LogP contribution in [0.25, 0.3) is 11.4 Å². The Bertz CT molecular complexity index is 1090. The molecule has 2 N–H and O–H groups in total. The summed E-state index contributed by atoms with van der Waals surface area (Å²) in [5.41, 5.74) is 3.74. The van der Waals surface area contributed by atoms with E-state index in [4.69, 9.17) is 10.5 Å². The standard InChI is InChI=1S/C19H16F4N4O2/c1-19(2,29-15-13(22)7-10(20)8-14(15)23)18-26-25-17(27(18)3)11-5-4-9(16(24)28)6-12(11)21/h4-8H,1-3H3,(H2,24,28). The lowest BCUT2D eigenvalue weighted by Gasteiger charge is -2.26. The molecule has 6 nitrogen and oxygen atoms in total. The van der Waals surface area contributed by atoms with E-state index in [-0.39, 0.29) is 22.8 Å². The summed E-state index contributed by atoms with van der Waals surface area (Å²) in [5, 5.41) is 7.86. The second kappa shape index (κ2) is 7.19. The summed E-state index contributed by atoms with van der Waals surface area (Å²) >= 11 is 0. The molecule has 0 spiro atoms. The number of nitrogens with two attached hydrogens (primary N) is 1. The van der Waals surface area contributed by atoms with Gasteiger partial charge in [0.1, 0.15) is 11.6 Å². The first-order valence-electron chi connectivity index (χ1n) is 8.34. The van der Waals surface area contributed by atoms with Crippen molar-refractivity contribution in [1.29, 1.82) is 0 Å². The van der Waals surface area contributed by atoms with Crippen molar-refractivity contribution in [2.24, 2.45) is 12.8 Å². The van der Waals surface area contributed by atoms with Crippen LogP contribution in [0.15, 0.2) is 30.3 Å². The number of amides is 1. The molecular formula is C19H16F4N4O2. The maximum atomic E-state index is 14.4. The molecule has 3 aromatic rings. The van der Waals surface area contributed by atoms with Crippen molar-refractivity contribution in [3.63, 3.8) is 0 Å². The van der Waals surface area contributed by atoms with Gasteiger partial charge in [-0.1, -0.05) is 0 Å². The molecular weight excluding hydrogens is 392 g/mol. The van der Waals surface area contributed by atoms with Gasteiger partial charge in [0.25, 0.3) is 0 Å². The molecule has 0 saturated carbocycles. The number of halogens is 4. The van der Waals surface area contributed by atoms with Gasteiger partial charge in [0, 0.05) is 24.7 Å². The number of rotatable bonds is 5. The maximum absolute atomic E-state index is 14.4. The smallest absolute Gasteiger partial charge is 0.248 e. The molecule has 1 heterocycles. The van der Waals surface area contributed by atoms with E-state index in [0.29, 0.717) is 12.1 Å². The summed E-state index contributed by atoms with van der Waals surface area (Å²) < 4.78 is 62.2. The van der Waals surface area contributed by atoms with Gasteiger partial charge in [-0.3, -0.25) is 4.79 Å². The predicted molar refractivity (Wildman–Crippen MR) is 94.9 cm³/mol. The molecule has 0 atom stereocenters. The van der Waals surface area contributed by atoms with Gasteiger partial charge in [-0.15, -0.1) is 10.2 Å². The van der Waals surface area contributed by atoms with Crippen LogP contribution in [-0.4, -0.2) is 20.7 Å². The summed E-state index contributed by atoms with van der Waals surface area (Å²) in [7, 11) is 1.51. The largest absolute Gasteiger partial charge is 0.474 e. The fraction of sp³-hybridized carbons (Fsp3) is 0.211. The summed E-state index contributed by atoms with van der Waals surface area (Å²) in [5.74, 6) is -5.63. The summed E-state index contributed by atoms with van der Waals surface area (Å²) in [6.45, 7) is 2.94. The molecule has 2 aromatic carbocycles. The minimum atomic E-state index is -1.41. The van der Waals surface area contributed by atoms with Gasteiger partial charge in [-0.2, -0.15) is 0 Å². The number of benzene rings is 2. The molecule has 0 aliphatic rings. The van der Waals surface area contributed by atoms with Crippen LogP contribution in [0, 0.1) is 23.3 Å². The zero-order chi connectivity index (χ0) is 21.5. The van der Waals surface area contributed by atoms with Crippen molar-refractivity contribution >= 4 is 5.91 Å². The van der Waals surface area contributed by atoms with Crippen LogP contribution in [-0.2, 0) is 12.6 Å². The van der Waals surface area contributed by atoms with Crippen LogP contribution in [0.3, 0.4) is 0 Å². The molecule has 0 aliphatic heterocycles. The molecule has 0 fully saturated rings. The molecule has 0 aliphatic carbocycles. The third-order valence-corrected chi connectivity index (χ3v) is 4.23. The van der Waals surface area contributed by atoms with Gasteiger partial charge < -0.3 is 15.0 Å². The quantitative estimate of drug-likeness (QED) is 0.656. The molecule has 0 unspecified atom stereocenters. The average molecular weight is 408 g/mol. The Labute approximate surface area is 162 Å². The summed E-state index contributed by atoms with van der Waals surface area (Å²) in [4.78, 5) is 11.2. The van der Waals surface area contributed by atoms with Gasteiger partial charge in [-0.25, -0.2) is 17.6 Å².